The van der Waals surface area contributed by atoms with E-state index in [9.17, 15) is 9.59 Å². The Balaban J connectivity index is 1.56. The van der Waals surface area contributed by atoms with E-state index < -0.39 is 0 Å². The molecule has 1 saturated carbocycles. The second-order valence-electron chi connectivity index (χ2n) is 5.89. The molecule has 1 aliphatic heterocycles. The predicted octanol–water partition coefficient (Wildman–Crippen LogP) is 2.09. The van der Waals surface area contributed by atoms with Gasteiger partial charge in [0.1, 0.15) is 13.2 Å². The van der Waals surface area contributed by atoms with Crippen LogP contribution in [-0.4, -0.2) is 30.4 Å². The summed E-state index contributed by atoms with van der Waals surface area (Å²) in [5.41, 5.74) is 0.529. The van der Waals surface area contributed by atoms with Gasteiger partial charge in [0.25, 0.3) is 0 Å². The molecule has 0 radical (unpaired) electrons. The summed E-state index contributed by atoms with van der Waals surface area (Å²) in [6.07, 6.45) is 2.48. The highest BCUT2D eigenvalue weighted by molar-refractivity contribution is 5.98. The Morgan fingerprint density at radius 2 is 1.86 bits per heavy atom. The molecule has 1 aromatic carbocycles. The number of rotatable bonds is 5. The Bertz CT molecular complexity index is 578. The molecule has 1 N–H and O–H groups in total. The van der Waals surface area contributed by atoms with Gasteiger partial charge in [-0.3, -0.25) is 9.59 Å². The lowest BCUT2D eigenvalue weighted by Crippen LogP contribution is -2.34. The molecule has 5 nitrogen and oxygen atoms in total. The Morgan fingerprint density at radius 3 is 2.57 bits per heavy atom. The van der Waals surface area contributed by atoms with Crippen LogP contribution in [0.3, 0.4) is 0 Å². The number of hydrogen-bond acceptors (Lipinski definition) is 4. The fourth-order valence-corrected chi connectivity index (χ4v) is 2.30. The number of fused-ring (bicyclic) bond motifs is 1. The van der Waals surface area contributed by atoms with Crippen LogP contribution in [0.25, 0.3) is 0 Å². The van der Waals surface area contributed by atoms with Crippen molar-refractivity contribution < 1.29 is 19.1 Å². The van der Waals surface area contributed by atoms with E-state index >= 15 is 0 Å². The Morgan fingerprint density at radius 1 is 1.14 bits per heavy atom. The van der Waals surface area contributed by atoms with Gasteiger partial charge in [-0.15, -0.1) is 0 Å². The van der Waals surface area contributed by atoms with Crippen LogP contribution in [0.15, 0.2) is 18.2 Å². The number of carbonyl (C=O) groups excluding carboxylic acids is 2. The molecule has 1 heterocycles. The van der Waals surface area contributed by atoms with Crippen LogP contribution < -0.4 is 14.8 Å². The predicted molar refractivity (Wildman–Crippen MR) is 76.8 cm³/mol. The Hall–Kier alpha value is -2.04. The van der Waals surface area contributed by atoms with Gasteiger partial charge in [0.05, 0.1) is 0 Å². The minimum Gasteiger partial charge on any atom is -0.486 e. The second-order valence-corrected chi connectivity index (χ2v) is 5.89. The van der Waals surface area contributed by atoms with Crippen LogP contribution >= 0.6 is 0 Å². The largest absolute Gasteiger partial charge is 0.486 e. The molecule has 0 spiro atoms. The van der Waals surface area contributed by atoms with Crippen molar-refractivity contribution in [2.75, 3.05) is 13.2 Å². The van der Waals surface area contributed by atoms with Crippen molar-refractivity contribution in [1.82, 2.24) is 5.32 Å². The van der Waals surface area contributed by atoms with Gasteiger partial charge in [-0.2, -0.15) is 0 Å². The molecular formula is C16H19NO4. The van der Waals surface area contributed by atoms with Gasteiger partial charge in [0.15, 0.2) is 17.3 Å². The lowest BCUT2D eigenvalue weighted by Gasteiger charge is -2.18. The van der Waals surface area contributed by atoms with E-state index in [1.54, 1.807) is 18.2 Å². The molecule has 1 aliphatic carbocycles. The zero-order valence-corrected chi connectivity index (χ0v) is 12.1. The molecule has 0 atom stereocenters. The van der Waals surface area contributed by atoms with E-state index in [1.165, 1.54) is 0 Å². The maximum atomic E-state index is 12.1. The summed E-state index contributed by atoms with van der Waals surface area (Å²) in [4.78, 5) is 23.9. The number of nitrogens with one attached hydrogen (secondary N) is 1. The van der Waals surface area contributed by atoms with Crippen molar-refractivity contribution in [3.8, 4) is 11.5 Å². The van der Waals surface area contributed by atoms with E-state index in [0.717, 1.165) is 12.8 Å². The van der Waals surface area contributed by atoms with E-state index in [1.807, 2.05) is 6.92 Å². The molecule has 3 rings (SSSR count). The monoisotopic (exact) mass is 289 g/mol. The van der Waals surface area contributed by atoms with Crippen molar-refractivity contribution >= 4 is 11.7 Å². The molecule has 1 amide bonds. The lowest BCUT2D eigenvalue weighted by atomic mass is 10.1. The van der Waals surface area contributed by atoms with Crippen LogP contribution in [0.1, 0.15) is 43.0 Å². The average molecular weight is 289 g/mol. The third kappa shape index (κ3) is 3.35. The molecule has 112 valence electrons. The second kappa shape index (κ2) is 5.39. The third-order valence-electron chi connectivity index (χ3n) is 3.88. The number of hydrogen-bond donors (Lipinski definition) is 1. The van der Waals surface area contributed by atoms with E-state index in [4.69, 9.17) is 9.47 Å². The first kappa shape index (κ1) is 13.9. The summed E-state index contributed by atoms with van der Waals surface area (Å²) in [7, 11) is 0. The molecule has 0 saturated heterocycles. The van der Waals surface area contributed by atoms with Crippen LogP contribution in [0.2, 0.25) is 0 Å². The number of ether oxygens (including phenoxy) is 2. The first-order valence-corrected chi connectivity index (χ1v) is 7.30. The first-order valence-electron chi connectivity index (χ1n) is 7.30. The molecule has 0 unspecified atom stereocenters. The number of amides is 1. The van der Waals surface area contributed by atoms with Gasteiger partial charge < -0.3 is 14.8 Å². The smallest absolute Gasteiger partial charge is 0.220 e. The lowest BCUT2D eigenvalue weighted by molar-refractivity contribution is -0.121. The summed E-state index contributed by atoms with van der Waals surface area (Å²) in [5, 5.41) is 2.95. The molecule has 2 aliphatic rings. The number of ketones is 1. The highest BCUT2D eigenvalue weighted by atomic mass is 16.6. The summed E-state index contributed by atoms with van der Waals surface area (Å²) >= 11 is 0. The quantitative estimate of drug-likeness (QED) is 0.843. The van der Waals surface area contributed by atoms with Crippen LogP contribution in [0.5, 0.6) is 11.5 Å². The van der Waals surface area contributed by atoms with Crippen LogP contribution in [0.4, 0.5) is 0 Å². The number of carbonyl (C=O) groups is 2. The molecule has 1 fully saturated rings. The van der Waals surface area contributed by atoms with Crippen molar-refractivity contribution in [2.45, 2.75) is 38.1 Å². The van der Waals surface area contributed by atoms with Crippen LogP contribution in [0, 0.1) is 0 Å². The summed E-state index contributed by atoms with van der Waals surface area (Å²) < 4.78 is 10.9. The van der Waals surface area contributed by atoms with Gasteiger partial charge in [-0.05, 0) is 38.0 Å². The van der Waals surface area contributed by atoms with E-state index in [2.05, 4.69) is 5.32 Å². The van der Waals surface area contributed by atoms with Gasteiger partial charge in [-0.25, -0.2) is 0 Å². The molecule has 0 bridgehead atoms. The maximum Gasteiger partial charge on any atom is 0.220 e. The molecule has 5 heteroatoms. The number of Topliss-reactive ketones (excluding diaryl/α,β-unsaturated/α-hetero) is 1. The third-order valence-corrected chi connectivity index (χ3v) is 3.88. The summed E-state index contributed by atoms with van der Waals surface area (Å²) in [6, 6.07) is 5.15. The molecular weight excluding hydrogens is 270 g/mol. The number of benzene rings is 1. The van der Waals surface area contributed by atoms with E-state index in [0.29, 0.717) is 30.3 Å². The Kier molecular flexibility index (Phi) is 3.57. The highest BCUT2D eigenvalue weighted by Crippen LogP contribution is 2.34. The van der Waals surface area contributed by atoms with Crippen molar-refractivity contribution in [2.24, 2.45) is 0 Å². The van der Waals surface area contributed by atoms with Gasteiger partial charge in [0.2, 0.25) is 5.91 Å². The van der Waals surface area contributed by atoms with Gasteiger partial charge >= 0.3 is 0 Å². The average Bonchev–Trinajstić information content (AvgIpc) is 3.21. The standard InChI is InChI=1S/C16H19NO4/c1-16(6-7-16)17-15(19)5-3-12(18)11-2-4-13-14(10-11)21-9-8-20-13/h2,4,10H,3,5-9H2,1H3,(H,17,19). The summed E-state index contributed by atoms with van der Waals surface area (Å²) in [6.45, 7) is 3.04. The molecule has 1 aromatic rings. The normalized spacial score (nSPS) is 18.0. The maximum absolute atomic E-state index is 12.1. The molecule has 0 aromatic heterocycles. The minimum absolute atomic E-state index is 0.0306. The van der Waals surface area contributed by atoms with Crippen molar-refractivity contribution in [1.29, 1.82) is 0 Å². The fourth-order valence-electron chi connectivity index (χ4n) is 2.30. The van der Waals surface area contributed by atoms with Crippen molar-refractivity contribution in [3.05, 3.63) is 23.8 Å². The topological polar surface area (TPSA) is 64.6 Å². The zero-order valence-electron chi connectivity index (χ0n) is 12.1. The molecule has 21 heavy (non-hydrogen) atoms. The minimum atomic E-state index is -0.0547. The fraction of sp³-hybridized carbons (Fsp3) is 0.500. The zero-order chi connectivity index (χ0) is 14.9. The Labute approximate surface area is 123 Å². The van der Waals surface area contributed by atoms with Crippen molar-refractivity contribution in [3.63, 3.8) is 0 Å². The first-order chi connectivity index (χ1) is 10.1. The van der Waals surface area contributed by atoms with Gasteiger partial charge in [-0.1, -0.05) is 0 Å². The SMILES string of the molecule is CC1(NC(=O)CCC(=O)c2ccc3c(c2)OCCO3)CC1. The van der Waals surface area contributed by atoms with E-state index in [-0.39, 0.29) is 30.1 Å². The van der Waals surface area contributed by atoms with Crippen LogP contribution in [-0.2, 0) is 4.79 Å². The van der Waals surface area contributed by atoms with Gasteiger partial charge in [0, 0.05) is 23.9 Å². The highest BCUT2D eigenvalue weighted by Gasteiger charge is 2.38. The summed E-state index contributed by atoms with van der Waals surface area (Å²) in [5.74, 6) is 1.16.